The Morgan fingerprint density at radius 1 is 1.26 bits per heavy atom. The van der Waals surface area contributed by atoms with E-state index in [1.54, 1.807) is 0 Å². The summed E-state index contributed by atoms with van der Waals surface area (Å²) in [5.41, 5.74) is 1.20. The molecule has 0 aliphatic heterocycles. The van der Waals surface area contributed by atoms with Crippen molar-refractivity contribution in [1.82, 2.24) is 4.98 Å². The molecule has 1 aliphatic carbocycles. The molecule has 1 unspecified atom stereocenters. The Balaban J connectivity index is 1.98. The van der Waals surface area contributed by atoms with Gasteiger partial charge >= 0.3 is 0 Å². The number of hydrogen-bond donors (Lipinski definition) is 2. The fourth-order valence-corrected chi connectivity index (χ4v) is 3.10. The van der Waals surface area contributed by atoms with E-state index in [0.717, 1.165) is 18.3 Å². The number of pyridine rings is 1. The second-order valence-electron chi connectivity index (χ2n) is 5.52. The molecule has 19 heavy (non-hydrogen) atoms. The first-order valence-corrected chi connectivity index (χ1v) is 7.80. The van der Waals surface area contributed by atoms with Crippen molar-refractivity contribution >= 4 is 11.5 Å². The molecule has 1 aromatic heterocycles. The average Bonchev–Trinajstić information content (AvgIpc) is 2.46. The Morgan fingerprint density at radius 3 is 2.74 bits per heavy atom. The van der Waals surface area contributed by atoms with E-state index in [-0.39, 0.29) is 0 Å². The van der Waals surface area contributed by atoms with Crippen LogP contribution in [-0.2, 0) is 0 Å². The number of aromatic nitrogens is 1. The number of nitrogens with one attached hydrogen (secondary N) is 2. The highest BCUT2D eigenvalue weighted by molar-refractivity contribution is 5.52. The molecule has 3 nitrogen and oxygen atoms in total. The first-order chi connectivity index (χ1) is 9.33. The van der Waals surface area contributed by atoms with Crippen molar-refractivity contribution in [3.63, 3.8) is 0 Å². The maximum atomic E-state index is 4.32. The van der Waals surface area contributed by atoms with Crippen LogP contribution in [0, 0.1) is 5.92 Å². The van der Waals surface area contributed by atoms with Gasteiger partial charge in [-0.1, -0.05) is 26.2 Å². The van der Waals surface area contributed by atoms with E-state index in [1.807, 2.05) is 6.20 Å². The van der Waals surface area contributed by atoms with Crippen molar-refractivity contribution in [2.24, 2.45) is 5.92 Å². The van der Waals surface area contributed by atoms with Gasteiger partial charge in [-0.2, -0.15) is 0 Å². The van der Waals surface area contributed by atoms with E-state index in [0.29, 0.717) is 6.04 Å². The van der Waals surface area contributed by atoms with Gasteiger partial charge in [0.05, 0.1) is 0 Å². The van der Waals surface area contributed by atoms with Crippen LogP contribution >= 0.6 is 0 Å². The largest absolute Gasteiger partial charge is 0.382 e. The summed E-state index contributed by atoms with van der Waals surface area (Å²) in [5.74, 6) is 1.81. The van der Waals surface area contributed by atoms with Gasteiger partial charge in [-0.3, -0.25) is 0 Å². The fraction of sp³-hybridized carbons (Fsp3) is 0.688. The quantitative estimate of drug-likeness (QED) is 0.802. The van der Waals surface area contributed by atoms with Crippen molar-refractivity contribution in [2.75, 3.05) is 17.2 Å². The summed E-state index contributed by atoms with van der Waals surface area (Å²) >= 11 is 0. The van der Waals surface area contributed by atoms with Gasteiger partial charge in [-0.05, 0) is 38.2 Å². The first kappa shape index (κ1) is 14.2. The molecule has 2 N–H and O–H groups in total. The van der Waals surface area contributed by atoms with Gasteiger partial charge in [-0.15, -0.1) is 0 Å². The SMILES string of the molecule is CCNc1cc(NC(CC)C2CCCCC2)ccn1. The third kappa shape index (κ3) is 4.12. The normalized spacial score (nSPS) is 18.0. The number of rotatable bonds is 6. The lowest BCUT2D eigenvalue weighted by molar-refractivity contribution is 0.313. The minimum absolute atomic E-state index is 0.608. The molecule has 2 rings (SSSR count). The highest BCUT2D eigenvalue weighted by Gasteiger charge is 2.22. The van der Waals surface area contributed by atoms with Crippen LogP contribution in [0.3, 0.4) is 0 Å². The van der Waals surface area contributed by atoms with Crippen molar-refractivity contribution in [2.45, 2.75) is 58.4 Å². The van der Waals surface area contributed by atoms with Gasteiger partial charge in [0.2, 0.25) is 0 Å². The molecule has 1 fully saturated rings. The Morgan fingerprint density at radius 2 is 2.05 bits per heavy atom. The van der Waals surface area contributed by atoms with Gasteiger partial charge in [0.15, 0.2) is 0 Å². The van der Waals surface area contributed by atoms with E-state index in [1.165, 1.54) is 44.2 Å². The van der Waals surface area contributed by atoms with Crippen molar-refractivity contribution in [3.05, 3.63) is 18.3 Å². The van der Waals surface area contributed by atoms with Crippen LogP contribution in [0.25, 0.3) is 0 Å². The summed E-state index contributed by atoms with van der Waals surface area (Å²) in [6, 6.07) is 4.80. The van der Waals surface area contributed by atoms with Crippen molar-refractivity contribution < 1.29 is 0 Å². The molecular formula is C16H27N3. The Hall–Kier alpha value is -1.25. The van der Waals surface area contributed by atoms with Gasteiger partial charge in [-0.25, -0.2) is 4.98 Å². The summed E-state index contributed by atoms with van der Waals surface area (Å²) in [7, 11) is 0. The zero-order valence-electron chi connectivity index (χ0n) is 12.3. The molecule has 0 bridgehead atoms. The molecular weight excluding hydrogens is 234 g/mol. The molecule has 106 valence electrons. The average molecular weight is 261 g/mol. The van der Waals surface area contributed by atoms with Crippen molar-refractivity contribution in [1.29, 1.82) is 0 Å². The number of anilines is 2. The molecule has 0 radical (unpaired) electrons. The van der Waals surface area contributed by atoms with Gasteiger partial charge < -0.3 is 10.6 Å². The third-order valence-electron chi connectivity index (χ3n) is 4.13. The highest BCUT2D eigenvalue weighted by atomic mass is 15.0. The predicted octanol–water partition coefficient (Wildman–Crippen LogP) is 4.28. The van der Waals surface area contributed by atoms with E-state index in [2.05, 4.69) is 41.6 Å². The van der Waals surface area contributed by atoms with Crippen LogP contribution in [0.5, 0.6) is 0 Å². The summed E-state index contributed by atoms with van der Waals surface area (Å²) in [6.45, 7) is 5.30. The standard InChI is InChI=1S/C16H27N3/c1-3-15(13-8-6-5-7-9-13)19-14-10-11-18-16(12-14)17-4-2/h10-13,15H,3-9H2,1-2H3,(H2,17,18,19). The van der Waals surface area contributed by atoms with Crippen LogP contribution in [0.2, 0.25) is 0 Å². The molecule has 0 aromatic carbocycles. The smallest absolute Gasteiger partial charge is 0.127 e. The van der Waals surface area contributed by atoms with Crippen LogP contribution in [0.4, 0.5) is 11.5 Å². The van der Waals surface area contributed by atoms with Gasteiger partial charge in [0, 0.05) is 30.5 Å². The first-order valence-electron chi connectivity index (χ1n) is 7.80. The predicted molar refractivity (Wildman–Crippen MR) is 82.7 cm³/mol. The van der Waals surface area contributed by atoms with Crippen molar-refractivity contribution in [3.8, 4) is 0 Å². The fourth-order valence-electron chi connectivity index (χ4n) is 3.10. The highest BCUT2D eigenvalue weighted by Crippen LogP contribution is 2.29. The molecule has 1 heterocycles. The summed E-state index contributed by atoms with van der Waals surface area (Å²) in [6.07, 6.45) is 10.1. The second-order valence-corrected chi connectivity index (χ2v) is 5.52. The zero-order chi connectivity index (χ0) is 13.5. The minimum atomic E-state index is 0.608. The lowest BCUT2D eigenvalue weighted by Crippen LogP contribution is -2.30. The molecule has 0 amide bonds. The Kier molecular flexibility index (Phi) is 5.49. The molecule has 0 saturated heterocycles. The maximum absolute atomic E-state index is 4.32. The van der Waals surface area contributed by atoms with E-state index < -0.39 is 0 Å². The van der Waals surface area contributed by atoms with E-state index >= 15 is 0 Å². The maximum Gasteiger partial charge on any atom is 0.127 e. The second kappa shape index (κ2) is 7.37. The summed E-state index contributed by atoms with van der Waals surface area (Å²) in [5, 5.41) is 6.98. The van der Waals surface area contributed by atoms with Crippen LogP contribution < -0.4 is 10.6 Å². The lowest BCUT2D eigenvalue weighted by Gasteiger charge is -2.31. The molecule has 1 aromatic rings. The molecule has 1 saturated carbocycles. The zero-order valence-corrected chi connectivity index (χ0v) is 12.3. The minimum Gasteiger partial charge on any atom is -0.382 e. The summed E-state index contributed by atoms with van der Waals surface area (Å²) in [4.78, 5) is 4.32. The van der Waals surface area contributed by atoms with Crippen LogP contribution in [-0.4, -0.2) is 17.6 Å². The Bertz CT molecular complexity index is 372. The van der Waals surface area contributed by atoms with Crippen LogP contribution in [0.1, 0.15) is 52.4 Å². The van der Waals surface area contributed by atoms with Crippen LogP contribution in [0.15, 0.2) is 18.3 Å². The monoisotopic (exact) mass is 261 g/mol. The number of nitrogens with zero attached hydrogens (tertiary/aromatic N) is 1. The molecule has 1 atom stereocenters. The molecule has 3 heteroatoms. The molecule has 1 aliphatic rings. The number of hydrogen-bond acceptors (Lipinski definition) is 3. The Labute approximate surface area is 117 Å². The lowest BCUT2D eigenvalue weighted by atomic mass is 9.83. The summed E-state index contributed by atoms with van der Waals surface area (Å²) < 4.78 is 0. The van der Waals surface area contributed by atoms with Gasteiger partial charge in [0.25, 0.3) is 0 Å². The molecule has 0 spiro atoms. The van der Waals surface area contributed by atoms with E-state index in [9.17, 15) is 0 Å². The topological polar surface area (TPSA) is 37.0 Å². The third-order valence-corrected chi connectivity index (χ3v) is 4.13. The van der Waals surface area contributed by atoms with E-state index in [4.69, 9.17) is 0 Å². The van der Waals surface area contributed by atoms with Gasteiger partial charge in [0.1, 0.15) is 5.82 Å².